The zero-order valence-electron chi connectivity index (χ0n) is 17.2. The molecule has 0 heterocycles. The summed E-state index contributed by atoms with van der Waals surface area (Å²) in [6, 6.07) is 10.6. The van der Waals surface area contributed by atoms with Crippen LogP contribution in [-0.2, 0) is 19.9 Å². The highest BCUT2D eigenvalue weighted by molar-refractivity contribution is 5.72. The van der Waals surface area contributed by atoms with Crippen LogP contribution in [0.3, 0.4) is 0 Å². The minimum absolute atomic E-state index is 0.00739. The Hall–Kier alpha value is -1.35. The van der Waals surface area contributed by atoms with E-state index in [2.05, 4.69) is 51.1 Å². The third-order valence-electron chi connectivity index (χ3n) is 7.45. The van der Waals surface area contributed by atoms with Crippen molar-refractivity contribution in [1.29, 1.82) is 0 Å². The molecular formula is C24H34O3. The van der Waals surface area contributed by atoms with Crippen LogP contribution in [0.4, 0.5) is 0 Å². The molecule has 1 aromatic rings. The van der Waals surface area contributed by atoms with Gasteiger partial charge in [-0.2, -0.15) is 0 Å². The van der Waals surface area contributed by atoms with Gasteiger partial charge in [-0.15, -0.1) is 0 Å². The standard InChI is InChI=1S/C24H34O3/c1-5-15(2)23(25)26-21-16-11-18-13-17(21)14-19(12-16)22(18)27-24(3,4)20-9-7-6-8-10-20/h6-10,15-19,21-22H,5,11-14H2,1-4H3. The maximum Gasteiger partial charge on any atom is 0.308 e. The molecule has 0 N–H and O–H groups in total. The number of carbonyl (C=O) groups is 1. The first kappa shape index (κ1) is 19.0. The normalized spacial score (nSPS) is 35.9. The lowest BCUT2D eigenvalue weighted by Gasteiger charge is -2.58. The Kier molecular flexibility index (Phi) is 5.09. The van der Waals surface area contributed by atoms with Crippen LogP contribution in [0.5, 0.6) is 0 Å². The average molecular weight is 371 g/mol. The Bertz CT molecular complexity index is 635. The number of ether oxygens (including phenoxy) is 2. The first-order valence-corrected chi connectivity index (χ1v) is 10.8. The van der Waals surface area contributed by atoms with Crippen LogP contribution < -0.4 is 0 Å². The third-order valence-corrected chi connectivity index (χ3v) is 7.45. The Morgan fingerprint density at radius 2 is 1.52 bits per heavy atom. The largest absolute Gasteiger partial charge is 0.462 e. The Labute approximate surface area is 163 Å². The van der Waals surface area contributed by atoms with Gasteiger partial charge in [0.15, 0.2) is 0 Å². The Morgan fingerprint density at radius 3 is 2.04 bits per heavy atom. The van der Waals surface area contributed by atoms with Crippen LogP contribution in [0, 0.1) is 29.6 Å². The van der Waals surface area contributed by atoms with Gasteiger partial charge in [0.25, 0.3) is 0 Å². The second-order valence-corrected chi connectivity index (χ2v) is 9.65. The molecule has 4 bridgehead atoms. The van der Waals surface area contributed by atoms with Crippen molar-refractivity contribution in [3.05, 3.63) is 35.9 Å². The van der Waals surface area contributed by atoms with E-state index in [1.165, 1.54) is 5.56 Å². The van der Waals surface area contributed by atoms with Crippen molar-refractivity contribution >= 4 is 5.97 Å². The van der Waals surface area contributed by atoms with Crippen molar-refractivity contribution in [1.82, 2.24) is 0 Å². The fourth-order valence-corrected chi connectivity index (χ4v) is 5.83. The van der Waals surface area contributed by atoms with Gasteiger partial charge in [0.05, 0.1) is 17.6 Å². The smallest absolute Gasteiger partial charge is 0.308 e. The molecule has 0 aliphatic heterocycles. The maximum absolute atomic E-state index is 12.3. The molecular weight excluding hydrogens is 336 g/mol. The Morgan fingerprint density at radius 1 is 1.00 bits per heavy atom. The predicted molar refractivity (Wildman–Crippen MR) is 106 cm³/mol. The van der Waals surface area contributed by atoms with Crippen molar-refractivity contribution in [2.75, 3.05) is 0 Å². The second-order valence-electron chi connectivity index (χ2n) is 9.65. The van der Waals surface area contributed by atoms with Crippen molar-refractivity contribution < 1.29 is 14.3 Å². The monoisotopic (exact) mass is 370 g/mol. The minimum Gasteiger partial charge on any atom is -0.462 e. The van der Waals surface area contributed by atoms with Crippen LogP contribution in [0.25, 0.3) is 0 Å². The van der Waals surface area contributed by atoms with E-state index in [0.717, 1.165) is 32.1 Å². The summed E-state index contributed by atoms with van der Waals surface area (Å²) in [7, 11) is 0. The number of carbonyl (C=O) groups excluding carboxylic acids is 1. The highest BCUT2D eigenvalue weighted by Gasteiger charge is 2.55. The lowest BCUT2D eigenvalue weighted by atomic mass is 9.53. The first-order chi connectivity index (χ1) is 12.9. The van der Waals surface area contributed by atoms with Crippen LogP contribution in [0.1, 0.15) is 65.4 Å². The number of hydrogen-bond donors (Lipinski definition) is 0. The van der Waals surface area contributed by atoms with E-state index in [4.69, 9.17) is 9.47 Å². The van der Waals surface area contributed by atoms with E-state index in [-0.39, 0.29) is 23.6 Å². The number of esters is 1. The predicted octanol–water partition coefficient (Wildman–Crippen LogP) is 5.33. The topological polar surface area (TPSA) is 35.5 Å². The Balaban J connectivity index is 1.43. The van der Waals surface area contributed by atoms with Crippen LogP contribution in [0.15, 0.2) is 30.3 Å². The fraction of sp³-hybridized carbons (Fsp3) is 0.708. The van der Waals surface area contributed by atoms with Crippen LogP contribution in [-0.4, -0.2) is 18.2 Å². The van der Waals surface area contributed by atoms with E-state index in [1.807, 2.05) is 6.92 Å². The van der Waals surface area contributed by atoms with Crippen LogP contribution >= 0.6 is 0 Å². The van der Waals surface area contributed by atoms with Gasteiger partial charge in [-0.1, -0.05) is 44.2 Å². The molecule has 0 aromatic heterocycles. The fourth-order valence-electron chi connectivity index (χ4n) is 5.83. The van der Waals surface area contributed by atoms with Gasteiger partial charge in [-0.3, -0.25) is 4.79 Å². The molecule has 5 rings (SSSR count). The molecule has 3 nitrogen and oxygen atoms in total. The number of hydrogen-bond acceptors (Lipinski definition) is 3. The molecule has 4 aliphatic rings. The summed E-state index contributed by atoms with van der Waals surface area (Å²) in [5, 5.41) is 0. The molecule has 1 atom stereocenters. The minimum atomic E-state index is -0.260. The summed E-state index contributed by atoms with van der Waals surface area (Å²) in [5.74, 6) is 2.35. The van der Waals surface area contributed by atoms with E-state index in [1.54, 1.807) is 0 Å². The van der Waals surface area contributed by atoms with Crippen molar-refractivity contribution in [3.8, 4) is 0 Å². The molecule has 0 spiro atoms. The van der Waals surface area contributed by atoms with E-state index in [9.17, 15) is 4.79 Å². The summed E-state index contributed by atoms with van der Waals surface area (Å²) in [6.07, 6.45) is 5.97. The van der Waals surface area contributed by atoms with Gasteiger partial charge in [0.2, 0.25) is 0 Å². The van der Waals surface area contributed by atoms with E-state index < -0.39 is 0 Å². The maximum atomic E-state index is 12.3. The lowest BCUT2D eigenvalue weighted by molar-refractivity contribution is -0.217. The molecule has 1 unspecified atom stereocenters. The quantitative estimate of drug-likeness (QED) is 0.635. The van der Waals surface area contributed by atoms with Gasteiger partial charge in [-0.05, 0) is 75.2 Å². The van der Waals surface area contributed by atoms with E-state index in [0.29, 0.717) is 29.8 Å². The second kappa shape index (κ2) is 7.24. The molecule has 0 radical (unpaired) electrons. The SMILES string of the molecule is CCC(C)C(=O)OC1C2CC3CC1CC(C2)C3OC(C)(C)c1ccccc1. The zero-order valence-corrected chi connectivity index (χ0v) is 17.2. The van der Waals surface area contributed by atoms with Crippen LogP contribution in [0.2, 0.25) is 0 Å². The molecule has 0 saturated heterocycles. The van der Waals surface area contributed by atoms with Gasteiger partial charge < -0.3 is 9.47 Å². The molecule has 1 aromatic carbocycles. The molecule has 3 heteroatoms. The highest BCUT2D eigenvalue weighted by Crippen LogP contribution is 2.56. The molecule has 0 amide bonds. The number of rotatable bonds is 6. The molecule has 4 aliphatic carbocycles. The van der Waals surface area contributed by atoms with Gasteiger partial charge in [0.1, 0.15) is 6.10 Å². The number of benzene rings is 1. The lowest BCUT2D eigenvalue weighted by Crippen LogP contribution is -2.57. The average Bonchev–Trinajstić information content (AvgIpc) is 2.65. The summed E-state index contributed by atoms with van der Waals surface area (Å²) < 4.78 is 12.8. The van der Waals surface area contributed by atoms with Gasteiger partial charge in [0, 0.05) is 0 Å². The molecule has 27 heavy (non-hydrogen) atoms. The summed E-state index contributed by atoms with van der Waals surface area (Å²) in [4.78, 5) is 12.3. The van der Waals surface area contributed by atoms with Gasteiger partial charge in [-0.25, -0.2) is 0 Å². The van der Waals surface area contributed by atoms with Gasteiger partial charge >= 0.3 is 5.97 Å². The first-order valence-electron chi connectivity index (χ1n) is 10.8. The molecule has 148 valence electrons. The molecule has 4 fully saturated rings. The van der Waals surface area contributed by atoms with E-state index >= 15 is 0 Å². The summed E-state index contributed by atoms with van der Waals surface area (Å²) >= 11 is 0. The zero-order chi connectivity index (χ0) is 19.2. The van der Waals surface area contributed by atoms with Crippen molar-refractivity contribution in [2.45, 2.75) is 77.6 Å². The third kappa shape index (κ3) is 3.55. The van der Waals surface area contributed by atoms with Crippen molar-refractivity contribution in [2.24, 2.45) is 29.6 Å². The highest BCUT2D eigenvalue weighted by atomic mass is 16.5. The summed E-state index contributed by atoms with van der Waals surface area (Å²) in [6.45, 7) is 8.43. The molecule has 4 saturated carbocycles. The van der Waals surface area contributed by atoms with Crippen molar-refractivity contribution in [3.63, 3.8) is 0 Å². The summed E-state index contributed by atoms with van der Waals surface area (Å²) in [5.41, 5.74) is 0.989.